The summed E-state index contributed by atoms with van der Waals surface area (Å²) in [7, 11) is 0. The molecule has 0 aliphatic rings. The predicted molar refractivity (Wildman–Crippen MR) is 95.5 cm³/mol. The number of halogens is 4. The Bertz CT molecular complexity index is 789. The fourth-order valence-electron chi connectivity index (χ4n) is 1.84. The number of hydrogen-bond acceptors (Lipinski definition) is 6. The lowest BCUT2D eigenvalue weighted by molar-refractivity contribution is -0.146. The topological polar surface area (TPSA) is 63.6 Å². The summed E-state index contributed by atoms with van der Waals surface area (Å²) in [5.74, 6) is -1.00. The number of alkyl halides is 3. The maximum absolute atomic E-state index is 13.0. The van der Waals surface area contributed by atoms with Gasteiger partial charge in [-0.25, -0.2) is 4.98 Å². The average molecular weight is 406 g/mol. The first kappa shape index (κ1) is 20.2. The van der Waals surface area contributed by atoms with Crippen molar-refractivity contribution in [2.45, 2.75) is 32.5 Å². The number of benzene rings is 1. The molecule has 26 heavy (non-hydrogen) atoms. The van der Waals surface area contributed by atoms with Crippen LogP contribution in [-0.2, 0) is 9.53 Å². The summed E-state index contributed by atoms with van der Waals surface area (Å²) in [5.41, 5.74) is 2.30. The molecule has 140 valence electrons. The Morgan fingerprint density at radius 1 is 1.35 bits per heavy atom. The van der Waals surface area contributed by atoms with E-state index in [1.165, 1.54) is 0 Å². The molecule has 10 heteroatoms. The molecule has 5 nitrogen and oxygen atoms in total. The predicted octanol–water partition coefficient (Wildman–Crippen LogP) is 5.14. The van der Waals surface area contributed by atoms with Crippen LogP contribution in [-0.4, -0.2) is 28.9 Å². The third-order valence-corrected chi connectivity index (χ3v) is 3.94. The maximum atomic E-state index is 13.0. The normalized spacial score (nSPS) is 12.3. The van der Waals surface area contributed by atoms with Crippen molar-refractivity contribution in [1.82, 2.24) is 4.98 Å². The minimum atomic E-state index is -4.76. The number of carbonyl (C=O) groups excluding carboxylic acids is 1. The Morgan fingerprint density at radius 3 is 2.58 bits per heavy atom. The minimum absolute atomic E-state index is 0.161. The third kappa shape index (κ3) is 5.99. The summed E-state index contributed by atoms with van der Waals surface area (Å²) in [4.78, 5) is 15.6. The molecule has 0 bridgehead atoms. The van der Waals surface area contributed by atoms with Gasteiger partial charge in [0.2, 0.25) is 5.13 Å². The van der Waals surface area contributed by atoms with E-state index in [9.17, 15) is 18.0 Å². The first-order valence-electron chi connectivity index (χ1n) is 7.46. The van der Waals surface area contributed by atoms with Crippen molar-refractivity contribution in [2.24, 2.45) is 5.10 Å². The molecule has 0 spiro atoms. The lowest BCUT2D eigenvalue weighted by Crippen LogP contribution is -2.28. The fraction of sp³-hybridized carbons (Fsp3) is 0.312. The lowest BCUT2D eigenvalue weighted by Gasteiger charge is -2.12. The first-order chi connectivity index (χ1) is 12.1. The maximum Gasteiger partial charge on any atom is 0.431 e. The fourth-order valence-corrected chi connectivity index (χ4v) is 2.63. The molecule has 1 heterocycles. The number of ether oxygens (including phenoxy) is 1. The molecule has 2 aromatic rings. The van der Waals surface area contributed by atoms with Gasteiger partial charge in [0.15, 0.2) is 5.71 Å². The molecular formula is C16H15ClF3N3O2S. The van der Waals surface area contributed by atoms with Gasteiger partial charge < -0.3 is 4.74 Å². The van der Waals surface area contributed by atoms with Crippen molar-refractivity contribution >= 4 is 39.8 Å². The van der Waals surface area contributed by atoms with E-state index in [2.05, 4.69) is 15.5 Å². The average Bonchev–Trinajstić information content (AvgIpc) is 2.99. The highest BCUT2D eigenvalue weighted by molar-refractivity contribution is 7.14. The number of nitrogens with one attached hydrogen (secondary N) is 1. The molecule has 1 N–H and O–H groups in total. The number of thiazole rings is 1. The van der Waals surface area contributed by atoms with Crippen LogP contribution in [0.3, 0.4) is 0 Å². The standard InChI is InChI=1S/C16H15ClF3N3O2S/c1-9(2)25-14(24)7-13(16(18,19)20)22-23-15-21-12(8-26-15)10-3-5-11(17)6-4-10/h3-6,8-9H,7H2,1-2H3,(H,21,23). The summed E-state index contributed by atoms with van der Waals surface area (Å²) < 4.78 is 43.8. The second-order valence-corrected chi connectivity index (χ2v) is 6.72. The molecule has 1 aromatic heterocycles. The summed E-state index contributed by atoms with van der Waals surface area (Å²) in [6, 6.07) is 6.86. The van der Waals surface area contributed by atoms with Crippen LogP contribution in [0.2, 0.25) is 5.02 Å². The number of aromatic nitrogens is 1. The van der Waals surface area contributed by atoms with Crippen LogP contribution in [0.15, 0.2) is 34.7 Å². The number of carbonyl (C=O) groups is 1. The monoisotopic (exact) mass is 405 g/mol. The first-order valence-corrected chi connectivity index (χ1v) is 8.71. The van der Waals surface area contributed by atoms with Gasteiger partial charge in [0.1, 0.15) is 0 Å². The molecule has 0 atom stereocenters. The van der Waals surface area contributed by atoms with E-state index >= 15 is 0 Å². The second kappa shape index (κ2) is 8.50. The van der Waals surface area contributed by atoms with Gasteiger partial charge in [-0.1, -0.05) is 23.7 Å². The van der Waals surface area contributed by atoms with Gasteiger partial charge in [0.05, 0.1) is 18.2 Å². The Hall–Kier alpha value is -2.13. The van der Waals surface area contributed by atoms with Gasteiger partial charge in [0.25, 0.3) is 0 Å². The van der Waals surface area contributed by atoms with Crippen LogP contribution >= 0.6 is 22.9 Å². The smallest absolute Gasteiger partial charge is 0.431 e. The van der Waals surface area contributed by atoms with Crippen LogP contribution in [0.4, 0.5) is 18.3 Å². The minimum Gasteiger partial charge on any atom is -0.463 e. The van der Waals surface area contributed by atoms with E-state index in [-0.39, 0.29) is 5.13 Å². The number of esters is 1. The molecule has 0 fully saturated rings. The molecule has 0 radical (unpaired) electrons. The Labute approximate surface area is 156 Å². The van der Waals surface area contributed by atoms with Crippen molar-refractivity contribution in [2.75, 3.05) is 5.43 Å². The quantitative estimate of drug-likeness (QED) is 0.411. The van der Waals surface area contributed by atoms with Gasteiger partial charge in [-0.3, -0.25) is 10.2 Å². The van der Waals surface area contributed by atoms with Gasteiger partial charge >= 0.3 is 12.1 Å². The number of rotatable bonds is 6. The van der Waals surface area contributed by atoms with Crippen LogP contribution in [0.1, 0.15) is 20.3 Å². The molecular weight excluding hydrogens is 391 g/mol. The van der Waals surface area contributed by atoms with E-state index in [0.29, 0.717) is 10.7 Å². The molecule has 0 saturated heterocycles. The third-order valence-electron chi connectivity index (χ3n) is 2.94. The van der Waals surface area contributed by atoms with Crippen molar-refractivity contribution in [3.05, 3.63) is 34.7 Å². The number of hydrazone groups is 1. The highest BCUT2D eigenvalue weighted by atomic mass is 35.5. The summed E-state index contributed by atoms with van der Waals surface area (Å²) in [5, 5.41) is 5.70. The van der Waals surface area contributed by atoms with Gasteiger partial charge in [-0.2, -0.15) is 18.3 Å². The van der Waals surface area contributed by atoms with Crippen LogP contribution in [0.25, 0.3) is 11.3 Å². The molecule has 0 aliphatic carbocycles. The van der Waals surface area contributed by atoms with E-state index < -0.39 is 30.4 Å². The zero-order valence-electron chi connectivity index (χ0n) is 13.8. The lowest BCUT2D eigenvalue weighted by atomic mass is 10.2. The zero-order valence-corrected chi connectivity index (χ0v) is 15.4. The van der Waals surface area contributed by atoms with Gasteiger partial charge in [0, 0.05) is 16.0 Å². The second-order valence-electron chi connectivity index (χ2n) is 5.43. The molecule has 0 amide bonds. The highest BCUT2D eigenvalue weighted by Crippen LogP contribution is 2.27. The van der Waals surface area contributed by atoms with E-state index in [1.54, 1.807) is 43.5 Å². The largest absolute Gasteiger partial charge is 0.463 e. The Kier molecular flexibility index (Phi) is 6.60. The van der Waals surface area contributed by atoms with E-state index in [1.807, 2.05) is 0 Å². The molecule has 0 saturated carbocycles. The molecule has 0 aliphatic heterocycles. The van der Waals surface area contributed by atoms with Gasteiger partial charge in [-0.05, 0) is 26.0 Å². The van der Waals surface area contributed by atoms with Crippen LogP contribution < -0.4 is 5.43 Å². The molecule has 0 unspecified atom stereocenters. The van der Waals surface area contributed by atoms with Crippen LogP contribution in [0.5, 0.6) is 0 Å². The van der Waals surface area contributed by atoms with Crippen LogP contribution in [0, 0.1) is 0 Å². The number of nitrogens with zero attached hydrogens (tertiary/aromatic N) is 2. The van der Waals surface area contributed by atoms with E-state index in [4.69, 9.17) is 16.3 Å². The van der Waals surface area contributed by atoms with Crippen molar-refractivity contribution in [3.63, 3.8) is 0 Å². The van der Waals surface area contributed by atoms with E-state index in [0.717, 1.165) is 16.9 Å². The number of hydrogen-bond donors (Lipinski definition) is 1. The summed E-state index contributed by atoms with van der Waals surface area (Å²) in [6.07, 6.45) is -6.26. The SMILES string of the molecule is CC(C)OC(=O)CC(=NNc1nc(-c2ccc(Cl)cc2)cs1)C(F)(F)F. The highest BCUT2D eigenvalue weighted by Gasteiger charge is 2.38. The zero-order chi connectivity index (χ0) is 19.3. The molecule has 2 rings (SSSR count). The summed E-state index contributed by atoms with van der Waals surface area (Å²) in [6.45, 7) is 3.10. The Morgan fingerprint density at radius 2 is 2.00 bits per heavy atom. The Balaban J connectivity index is 2.11. The van der Waals surface area contributed by atoms with Crippen molar-refractivity contribution < 1.29 is 22.7 Å². The van der Waals surface area contributed by atoms with Crippen molar-refractivity contribution in [3.8, 4) is 11.3 Å². The van der Waals surface area contributed by atoms with Gasteiger partial charge in [-0.15, -0.1) is 11.3 Å². The summed E-state index contributed by atoms with van der Waals surface area (Å²) >= 11 is 6.90. The molecule has 1 aromatic carbocycles. The number of anilines is 1. The van der Waals surface area contributed by atoms with Crippen molar-refractivity contribution in [1.29, 1.82) is 0 Å².